The Kier molecular flexibility index (Phi) is 9.86. The molecule has 102 valence electrons. The summed E-state index contributed by atoms with van der Waals surface area (Å²) < 4.78 is 5.50. The lowest BCUT2D eigenvalue weighted by Crippen LogP contribution is -2.35. The van der Waals surface area contributed by atoms with Crippen molar-refractivity contribution in [2.24, 2.45) is 16.8 Å². The van der Waals surface area contributed by atoms with Crippen molar-refractivity contribution in [3.63, 3.8) is 0 Å². The summed E-state index contributed by atoms with van der Waals surface area (Å²) in [5, 5.41) is 14.8. The van der Waals surface area contributed by atoms with Crippen LogP contribution in [-0.4, -0.2) is 36.8 Å². The molecule has 0 spiro atoms. The van der Waals surface area contributed by atoms with Crippen LogP contribution in [0.1, 0.15) is 40.0 Å². The quantitative estimate of drug-likeness (QED) is 0.179. The minimum Gasteiger partial charge on any atom is -0.409 e. The fraction of sp³-hybridized carbons (Fsp3) is 0.917. The first-order chi connectivity index (χ1) is 8.10. The molecule has 1 unspecified atom stereocenters. The number of amidine groups is 1. The molecule has 0 aromatic heterocycles. The van der Waals surface area contributed by atoms with Crippen LogP contribution >= 0.6 is 0 Å². The third-order valence-electron chi connectivity index (χ3n) is 2.60. The zero-order chi connectivity index (χ0) is 13.1. The first kappa shape index (κ1) is 16.2. The van der Waals surface area contributed by atoms with E-state index in [1.54, 1.807) is 0 Å². The molecule has 0 amide bonds. The Hall–Kier alpha value is -0.810. The van der Waals surface area contributed by atoms with Crippen molar-refractivity contribution < 1.29 is 9.94 Å². The third kappa shape index (κ3) is 10.1. The molecule has 0 aromatic carbocycles. The van der Waals surface area contributed by atoms with Crippen LogP contribution in [0.15, 0.2) is 5.16 Å². The van der Waals surface area contributed by atoms with E-state index >= 15 is 0 Å². The average molecular weight is 245 g/mol. The molecule has 0 aliphatic heterocycles. The molecular formula is C12H27N3O2. The molecule has 0 bridgehead atoms. The van der Waals surface area contributed by atoms with E-state index in [2.05, 4.69) is 31.2 Å². The summed E-state index contributed by atoms with van der Waals surface area (Å²) >= 11 is 0. The van der Waals surface area contributed by atoms with Gasteiger partial charge < -0.3 is 21.0 Å². The van der Waals surface area contributed by atoms with Crippen molar-refractivity contribution >= 4 is 5.84 Å². The zero-order valence-corrected chi connectivity index (χ0v) is 11.3. The molecule has 0 heterocycles. The highest BCUT2D eigenvalue weighted by Gasteiger charge is 2.07. The van der Waals surface area contributed by atoms with Gasteiger partial charge in [-0.3, -0.25) is 0 Å². The highest BCUT2D eigenvalue weighted by Crippen LogP contribution is 1.99. The molecule has 17 heavy (non-hydrogen) atoms. The number of nitrogens with two attached hydrogens (primary N) is 1. The highest BCUT2D eigenvalue weighted by atomic mass is 16.5. The minimum atomic E-state index is 0.250. The van der Waals surface area contributed by atoms with Crippen LogP contribution in [0.4, 0.5) is 0 Å². The Morgan fingerprint density at radius 1 is 1.41 bits per heavy atom. The van der Waals surface area contributed by atoms with E-state index in [0.717, 1.165) is 26.0 Å². The lowest BCUT2D eigenvalue weighted by molar-refractivity contribution is 0.123. The molecule has 5 heteroatoms. The number of oxime groups is 1. The Balaban J connectivity index is 3.50. The van der Waals surface area contributed by atoms with Crippen LogP contribution in [0.5, 0.6) is 0 Å². The van der Waals surface area contributed by atoms with Crippen LogP contribution in [0.3, 0.4) is 0 Å². The van der Waals surface area contributed by atoms with Gasteiger partial charge in [-0.05, 0) is 18.8 Å². The number of rotatable bonds is 10. The Morgan fingerprint density at radius 3 is 2.65 bits per heavy atom. The van der Waals surface area contributed by atoms with Gasteiger partial charge in [-0.2, -0.15) is 0 Å². The predicted octanol–water partition coefficient (Wildman–Crippen LogP) is 1.55. The topological polar surface area (TPSA) is 79.9 Å². The molecule has 0 rings (SSSR count). The summed E-state index contributed by atoms with van der Waals surface area (Å²) in [4.78, 5) is 0. The van der Waals surface area contributed by atoms with Gasteiger partial charge in [-0.1, -0.05) is 25.9 Å². The predicted molar refractivity (Wildman–Crippen MR) is 70.4 cm³/mol. The number of hydrogen-bond donors (Lipinski definition) is 3. The van der Waals surface area contributed by atoms with Gasteiger partial charge in [0, 0.05) is 25.6 Å². The molecule has 0 saturated carbocycles. The van der Waals surface area contributed by atoms with E-state index in [1.165, 1.54) is 0 Å². The fourth-order valence-corrected chi connectivity index (χ4v) is 1.41. The Bertz CT molecular complexity index is 208. The van der Waals surface area contributed by atoms with E-state index in [9.17, 15) is 0 Å². The van der Waals surface area contributed by atoms with Crippen LogP contribution < -0.4 is 11.1 Å². The van der Waals surface area contributed by atoms with Crippen molar-refractivity contribution in [1.29, 1.82) is 0 Å². The third-order valence-corrected chi connectivity index (χ3v) is 2.60. The molecule has 0 aliphatic rings. The van der Waals surface area contributed by atoms with Crippen molar-refractivity contribution in [2.75, 3.05) is 19.8 Å². The van der Waals surface area contributed by atoms with Crippen molar-refractivity contribution in [3.05, 3.63) is 0 Å². The molecular weight excluding hydrogens is 218 g/mol. The van der Waals surface area contributed by atoms with Gasteiger partial charge in [0.25, 0.3) is 0 Å². The second-order valence-corrected chi connectivity index (χ2v) is 4.65. The van der Waals surface area contributed by atoms with Crippen LogP contribution in [0.25, 0.3) is 0 Å². The maximum atomic E-state index is 8.48. The van der Waals surface area contributed by atoms with Gasteiger partial charge in [-0.15, -0.1) is 0 Å². The maximum Gasteiger partial charge on any atom is 0.140 e. The lowest BCUT2D eigenvalue weighted by Gasteiger charge is -2.16. The van der Waals surface area contributed by atoms with Gasteiger partial charge in [0.2, 0.25) is 0 Å². The van der Waals surface area contributed by atoms with E-state index in [1.807, 2.05) is 0 Å². The molecule has 0 radical (unpaired) electrons. The molecule has 0 fully saturated rings. The molecule has 1 atom stereocenters. The van der Waals surface area contributed by atoms with Gasteiger partial charge in [-0.25, -0.2) is 0 Å². The summed E-state index contributed by atoms with van der Waals surface area (Å²) in [7, 11) is 0. The van der Waals surface area contributed by atoms with E-state index in [0.29, 0.717) is 18.9 Å². The number of ether oxygens (including phenoxy) is 1. The molecule has 0 saturated heterocycles. The number of hydrogen-bond acceptors (Lipinski definition) is 4. The minimum absolute atomic E-state index is 0.250. The first-order valence-electron chi connectivity index (χ1n) is 6.37. The van der Waals surface area contributed by atoms with Crippen molar-refractivity contribution in [1.82, 2.24) is 5.32 Å². The van der Waals surface area contributed by atoms with E-state index in [-0.39, 0.29) is 11.9 Å². The fourth-order valence-electron chi connectivity index (χ4n) is 1.41. The van der Waals surface area contributed by atoms with Crippen molar-refractivity contribution in [2.45, 2.75) is 46.1 Å². The Morgan fingerprint density at radius 2 is 2.12 bits per heavy atom. The summed E-state index contributed by atoms with van der Waals surface area (Å²) in [6.07, 6.45) is 2.61. The van der Waals surface area contributed by atoms with Crippen LogP contribution in [-0.2, 0) is 4.74 Å². The monoisotopic (exact) mass is 245 g/mol. The van der Waals surface area contributed by atoms with Gasteiger partial charge in [0.15, 0.2) is 0 Å². The van der Waals surface area contributed by atoms with E-state index < -0.39 is 0 Å². The normalized spacial score (nSPS) is 14.2. The Labute approximate surface area is 104 Å². The molecule has 4 N–H and O–H groups in total. The molecule has 5 nitrogen and oxygen atoms in total. The van der Waals surface area contributed by atoms with E-state index in [4.69, 9.17) is 15.7 Å². The maximum absolute atomic E-state index is 8.48. The number of nitrogens with zero attached hydrogens (tertiary/aromatic N) is 1. The second-order valence-electron chi connectivity index (χ2n) is 4.65. The standard InChI is InChI=1S/C12H27N3O2/c1-4-11(9-12(13)15-16)14-6-8-17-7-5-10(2)3/h10-11,14,16H,4-9H2,1-3H3,(H2,13,15). The first-order valence-corrected chi connectivity index (χ1v) is 6.37. The zero-order valence-electron chi connectivity index (χ0n) is 11.3. The largest absolute Gasteiger partial charge is 0.409 e. The average Bonchev–Trinajstić information content (AvgIpc) is 2.31. The SMILES string of the molecule is CCC(C/C(N)=N/O)NCCOCCC(C)C. The molecule has 0 aliphatic carbocycles. The number of nitrogens with one attached hydrogen (secondary N) is 1. The highest BCUT2D eigenvalue weighted by molar-refractivity contribution is 5.80. The van der Waals surface area contributed by atoms with Crippen molar-refractivity contribution in [3.8, 4) is 0 Å². The van der Waals surface area contributed by atoms with Gasteiger partial charge in [0.1, 0.15) is 5.84 Å². The van der Waals surface area contributed by atoms with Gasteiger partial charge in [0.05, 0.1) is 6.61 Å². The van der Waals surface area contributed by atoms with Crippen LogP contribution in [0, 0.1) is 5.92 Å². The lowest BCUT2D eigenvalue weighted by atomic mass is 10.1. The summed E-state index contributed by atoms with van der Waals surface area (Å²) in [5.41, 5.74) is 5.46. The van der Waals surface area contributed by atoms with Crippen LogP contribution in [0.2, 0.25) is 0 Å². The smallest absolute Gasteiger partial charge is 0.140 e. The second kappa shape index (κ2) is 10.4. The molecule has 0 aromatic rings. The summed E-state index contributed by atoms with van der Waals surface area (Å²) in [6, 6.07) is 0.250. The summed E-state index contributed by atoms with van der Waals surface area (Å²) in [6.45, 7) is 8.77. The summed E-state index contributed by atoms with van der Waals surface area (Å²) in [5.74, 6) is 0.956. The van der Waals surface area contributed by atoms with Gasteiger partial charge >= 0.3 is 0 Å².